The van der Waals surface area contributed by atoms with Crippen molar-refractivity contribution in [2.45, 2.75) is 46.5 Å². The smallest absolute Gasteiger partial charge is 0.145 e. The standard InChI is InChI=1S/C28H30N2/c1-18-15-22-13-14-24(17-22)21(4)27-25(16-18)29-28(23-11-6-5-7-12-23)30(27)26-19(2)9-8-10-20(26)3/h5-12,16,22,24H,4,13-15,17H2,1-3H3/b18-16-. The van der Waals surface area contributed by atoms with Crippen LogP contribution >= 0.6 is 0 Å². The summed E-state index contributed by atoms with van der Waals surface area (Å²) in [5.74, 6) is 2.35. The molecule has 1 heterocycles. The lowest BCUT2D eigenvalue weighted by Gasteiger charge is -2.21. The summed E-state index contributed by atoms with van der Waals surface area (Å²) in [5.41, 5.74) is 9.90. The van der Waals surface area contributed by atoms with Crippen molar-refractivity contribution in [2.24, 2.45) is 11.8 Å². The average Bonchev–Trinajstić information content (AvgIpc) is 3.33. The highest BCUT2D eigenvalue weighted by Gasteiger charge is 2.32. The van der Waals surface area contributed by atoms with Crippen LogP contribution in [0.2, 0.25) is 0 Å². The monoisotopic (exact) mass is 394 g/mol. The highest BCUT2D eigenvalue weighted by molar-refractivity contribution is 5.78. The average molecular weight is 395 g/mol. The lowest BCUT2D eigenvalue weighted by atomic mass is 9.93. The van der Waals surface area contributed by atoms with Crippen LogP contribution in [0.25, 0.3) is 28.7 Å². The van der Waals surface area contributed by atoms with Gasteiger partial charge in [-0.05, 0) is 81.1 Å². The molecule has 0 spiro atoms. The fraction of sp³-hybridized carbons (Fsp3) is 0.321. The lowest BCUT2D eigenvalue weighted by Crippen LogP contribution is -2.09. The van der Waals surface area contributed by atoms with E-state index in [1.165, 1.54) is 59.3 Å². The molecule has 2 atom stereocenters. The van der Waals surface area contributed by atoms with Gasteiger partial charge in [-0.25, -0.2) is 4.98 Å². The second-order valence-electron chi connectivity index (χ2n) is 9.21. The van der Waals surface area contributed by atoms with Gasteiger partial charge in [-0.3, -0.25) is 4.57 Å². The zero-order valence-corrected chi connectivity index (χ0v) is 18.3. The maximum Gasteiger partial charge on any atom is 0.145 e. The van der Waals surface area contributed by atoms with E-state index in [-0.39, 0.29) is 0 Å². The molecular formula is C28H30N2. The van der Waals surface area contributed by atoms with Gasteiger partial charge in [-0.2, -0.15) is 0 Å². The molecule has 5 rings (SSSR count). The molecular weight excluding hydrogens is 364 g/mol. The molecule has 2 unspecified atom stereocenters. The molecule has 0 amide bonds. The van der Waals surface area contributed by atoms with Crippen LogP contribution in [-0.4, -0.2) is 9.55 Å². The molecule has 2 heteroatoms. The van der Waals surface area contributed by atoms with E-state index in [1.807, 2.05) is 0 Å². The van der Waals surface area contributed by atoms with Crippen LogP contribution in [-0.2, 0) is 0 Å². The number of aromatic nitrogens is 2. The second kappa shape index (κ2) is 7.43. The van der Waals surface area contributed by atoms with Gasteiger partial charge in [-0.15, -0.1) is 0 Å². The Morgan fingerprint density at radius 2 is 1.67 bits per heavy atom. The number of rotatable bonds is 2. The number of benzene rings is 2. The van der Waals surface area contributed by atoms with Crippen LogP contribution in [0.1, 0.15) is 55.1 Å². The van der Waals surface area contributed by atoms with Gasteiger partial charge < -0.3 is 0 Å². The normalized spacial score (nSPS) is 22.6. The lowest BCUT2D eigenvalue weighted by molar-refractivity contribution is 0.532. The van der Waals surface area contributed by atoms with Crippen molar-refractivity contribution in [3.63, 3.8) is 0 Å². The minimum absolute atomic E-state index is 0.552. The van der Waals surface area contributed by atoms with Crippen molar-refractivity contribution in [2.75, 3.05) is 0 Å². The van der Waals surface area contributed by atoms with E-state index >= 15 is 0 Å². The predicted molar refractivity (Wildman–Crippen MR) is 127 cm³/mol. The molecule has 2 aliphatic rings. The van der Waals surface area contributed by atoms with E-state index in [1.54, 1.807) is 0 Å². The molecule has 1 saturated carbocycles. The topological polar surface area (TPSA) is 17.8 Å². The third-order valence-electron chi connectivity index (χ3n) is 6.93. The maximum absolute atomic E-state index is 5.23. The first-order valence-electron chi connectivity index (χ1n) is 11.1. The van der Waals surface area contributed by atoms with Gasteiger partial charge in [0.25, 0.3) is 0 Å². The number of imidazole rings is 1. The van der Waals surface area contributed by atoms with E-state index in [2.05, 4.69) is 86.5 Å². The van der Waals surface area contributed by atoms with Gasteiger partial charge in [0, 0.05) is 5.56 Å². The molecule has 1 fully saturated rings. The summed E-state index contributed by atoms with van der Waals surface area (Å²) in [5, 5.41) is 0. The van der Waals surface area contributed by atoms with Crippen molar-refractivity contribution in [1.82, 2.24) is 9.55 Å². The Kier molecular flexibility index (Phi) is 4.73. The first-order valence-corrected chi connectivity index (χ1v) is 11.1. The fourth-order valence-electron chi connectivity index (χ4n) is 5.52. The highest BCUT2D eigenvalue weighted by atomic mass is 15.1. The summed E-state index contributed by atoms with van der Waals surface area (Å²) in [6.45, 7) is 11.3. The summed E-state index contributed by atoms with van der Waals surface area (Å²) < 4.78 is 2.40. The minimum Gasteiger partial charge on any atom is -0.292 e. The van der Waals surface area contributed by atoms with Gasteiger partial charge >= 0.3 is 0 Å². The highest BCUT2D eigenvalue weighted by Crippen LogP contribution is 2.45. The third kappa shape index (κ3) is 3.15. The Labute approximate surface area is 180 Å². The molecule has 2 nitrogen and oxygen atoms in total. The van der Waals surface area contributed by atoms with Gasteiger partial charge in [0.05, 0.1) is 17.1 Å². The number of hydrogen-bond donors (Lipinski definition) is 0. The Balaban J connectivity index is 1.86. The Hall–Kier alpha value is -2.87. The third-order valence-corrected chi connectivity index (χ3v) is 6.93. The Morgan fingerprint density at radius 3 is 2.40 bits per heavy atom. The van der Waals surface area contributed by atoms with Crippen LogP contribution in [0.15, 0.2) is 60.7 Å². The molecule has 3 aromatic rings. The number of para-hydroxylation sites is 1. The zero-order chi connectivity index (χ0) is 20.8. The molecule has 0 aliphatic heterocycles. The van der Waals surface area contributed by atoms with Gasteiger partial charge in [0.1, 0.15) is 5.82 Å². The van der Waals surface area contributed by atoms with Crippen molar-refractivity contribution < 1.29 is 0 Å². The number of aryl methyl sites for hydroxylation is 2. The van der Waals surface area contributed by atoms with Crippen LogP contribution in [0, 0.1) is 25.7 Å². The molecule has 0 radical (unpaired) electrons. The van der Waals surface area contributed by atoms with Gasteiger partial charge in [-0.1, -0.05) is 60.7 Å². The SMILES string of the molecule is C=C1c2c(nc(-c3ccccc3)n2-c2c(C)cccc2C)/C=C(/C)CC2CCC1C2. The molecule has 2 aromatic carbocycles. The number of hydrogen-bond acceptors (Lipinski definition) is 1. The summed E-state index contributed by atoms with van der Waals surface area (Å²) in [6, 6.07) is 17.1. The molecule has 152 valence electrons. The molecule has 0 saturated heterocycles. The van der Waals surface area contributed by atoms with Crippen LogP contribution in [0.4, 0.5) is 0 Å². The van der Waals surface area contributed by atoms with E-state index in [0.717, 1.165) is 23.0 Å². The van der Waals surface area contributed by atoms with Crippen molar-refractivity contribution in [3.8, 4) is 17.1 Å². The van der Waals surface area contributed by atoms with E-state index in [9.17, 15) is 0 Å². The molecule has 1 aromatic heterocycles. The Morgan fingerprint density at radius 1 is 0.933 bits per heavy atom. The second-order valence-corrected chi connectivity index (χ2v) is 9.21. The Bertz CT molecular complexity index is 1130. The van der Waals surface area contributed by atoms with Crippen LogP contribution in [0.3, 0.4) is 0 Å². The van der Waals surface area contributed by atoms with E-state index < -0.39 is 0 Å². The van der Waals surface area contributed by atoms with Crippen molar-refractivity contribution >= 4 is 11.6 Å². The summed E-state index contributed by atoms with van der Waals surface area (Å²) >= 11 is 0. The maximum atomic E-state index is 5.23. The first kappa shape index (κ1) is 19.1. The molecule has 2 aliphatic carbocycles. The quantitative estimate of drug-likeness (QED) is 0.443. The zero-order valence-electron chi connectivity index (χ0n) is 18.3. The molecule has 0 N–H and O–H groups in total. The number of nitrogens with zero attached hydrogens (tertiary/aromatic N) is 2. The molecule has 2 bridgehead atoms. The number of fused-ring (bicyclic) bond motifs is 3. The van der Waals surface area contributed by atoms with Crippen molar-refractivity contribution in [1.29, 1.82) is 0 Å². The summed E-state index contributed by atoms with van der Waals surface area (Å²) in [6.07, 6.45) is 7.31. The minimum atomic E-state index is 0.552. The first-order chi connectivity index (χ1) is 14.5. The van der Waals surface area contributed by atoms with E-state index in [0.29, 0.717) is 5.92 Å². The summed E-state index contributed by atoms with van der Waals surface area (Å²) in [7, 11) is 0. The largest absolute Gasteiger partial charge is 0.292 e. The molecule has 30 heavy (non-hydrogen) atoms. The van der Waals surface area contributed by atoms with Crippen molar-refractivity contribution in [3.05, 3.63) is 83.2 Å². The van der Waals surface area contributed by atoms with Crippen LogP contribution in [0.5, 0.6) is 0 Å². The number of allylic oxidation sites excluding steroid dienone is 2. The van der Waals surface area contributed by atoms with Crippen LogP contribution < -0.4 is 0 Å². The van der Waals surface area contributed by atoms with Gasteiger partial charge in [0.15, 0.2) is 0 Å². The fourth-order valence-corrected chi connectivity index (χ4v) is 5.52. The predicted octanol–water partition coefficient (Wildman–Crippen LogP) is 7.39. The summed E-state index contributed by atoms with van der Waals surface area (Å²) in [4.78, 5) is 5.23. The van der Waals surface area contributed by atoms with Gasteiger partial charge in [0.2, 0.25) is 0 Å². The van der Waals surface area contributed by atoms with E-state index in [4.69, 9.17) is 4.98 Å².